The number of benzene rings is 6. The Bertz CT molecular complexity index is 1560. The molecule has 0 unspecified atom stereocenters. The summed E-state index contributed by atoms with van der Waals surface area (Å²) in [6.45, 7) is 0. The molecule has 0 aliphatic carbocycles. The minimum absolute atomic E-state index is 0.276. The third kappa shape index (κ3) is 7.61. The Morgan fingerprint density at radius 3 is 0.674 bits per heavy atom. The molecule has 0 fully saturated rings. The van der Waals surface area contributed by atoms with Gasteiger partial charge in [-0.25, -0.2) is 0 Å². The van der Waals surface area contributed by atoms with Crippen molar-refractivity contribution in [3.8, 4) is 0 Å². The van der Waals surface area contributed by atoms with Crippen LogP contribution in [0, 0.1) is 0 Å². The molecule has 0 bridgehead atoms. The van der Waals surface area contributed by atoms with Gasteiger partial charge in [-0.15, -0.1) is 0 Å². The van der Waals surface area contributed by atoms with Crippen molar-refractivity contribution in [1.29, 1.82) is 0 Å². The molecule has 6 aromatic carbocycles. The first kappa shape index (κ1) is 30.6. The Morgan fingerprint density at radius 1 is 0.279 bits per heavy atom. The van der Waals surface area contributed by atoms with Crippen LogP contribution in [-0.2, 0) is 21.8 Å². The van der Waals surface area contributed by atoms with Gasteiger partial charge in [0.1, 0.15) is 0 Å². The lowest BCUT2D eigenvalue weighted by molar-refractivity contribution is 1.27. The van der Waals surface area contributed by atoms with E-state index in [1.54, 1.807) is 11.8 Å². The predicted octanol–water partition coefficient (Wildman–Crippen LogP) is 12.6. The first-order valence-corrected chi connectivity index (χ1v) is 18.1. The Kier molecular flexibility index (Phi) is 10.0. The second kappa shape index (κ2) is 14.1. The van der Waals surface area contributed by atoms with Gasteiger partial charge in [0, 0.05) is 29.9 Å². The van der Waals surface area contributed by atoms with Crippen molar-refractivity contribution in [3.05, 3.63) is 166 Å². The van der Waals surface area contributed by atoms with Crippen molar-refractivity contribution in [1.82, 2.24) is 0 Å². The van der Waals surface area contributed by atoms with E-state index in [-0.39, 0.29) is 21.8 Å². The molecule has 0 N–H and O–H groups in total. The maximum atomic E-state index is 6.20. The zero-order chi connectivity index (χ0) is 29.8. The average molecular weight is 695 g/mol. The molecule has 0 aliphatic heterocycles. The molecule has 0 aromatic heterocycles. The average Bonchev–Trinajstić information content (AvgIpc) is 3.03. The maximum Gasteiger partial charge on any atom is 0.166 e. The largest absolute Gasteiger partial charge is 0.166 e. The Labute approximate surface area is 282 Å². The molecular formula is C36H24Cl4S3+2. The van der Waals surface area contributed by atoms with E-state index in [4.69, 9.17) is 46.4 Å². The van der Waals surface area contributed by atoms with Crippen LogP contribution in [0.25, 0.3) is 0 Å². The van der Waals surface area contributed by atoms with E-state index in [0.29, 0.717) is 0 Å². The third-order valence-corrected chi connectivity index (χ3v) is 13.0. The molecule has 212 valence electrons. The van der Waals surface area contributed by atoms with E-state index >= 15 is 0 Å². The standard InChI is InChI=1S/C36H24Cl4S3/c37-25-1-13-31(14-2-25)42(32-15-3-26(38)4-16-32)35-21-9-29(10-22-35)41-30-11-23-36(24-12-30)43(33-17-5-27(39)6-18-33)34-19-7-28(40)8-20-34/h1-24H/q+2. The highest BCUT2D eigenvalue weighted by atomic mass is 35.5. The van der Waals surface area contributed by atoms with Gasteiger partial charge in [-0.2, -0.15) is 0 Å². The van der Waals surface area contributed by atoms with Gasteiger partial charge in [0.05, 0.1) is 21.8 Å². The predicted molar refractivity (Wildman–Crippen MR) is 187 cm³/mol. The molecule has 7 heteroatoms. The van der Waals surface area contributed by atoms with Crippen LogP contribution in [-0.4, -0.2) is 0 Å². The van der Waals surface area contributed by atoms with Crippen LogP contribution in [0.4, 0.5) is 0 Å². The first-order valence-electron chi connectivity index (χ1n) is 13.3. The third-order valence-electron chi connectivity index (χ3n) is 6.55. The van der Waals surface area contributed by atoms with E-state index in [1.165, 1.54) is 39.2 Å². The van der Waals surface area contributed by atoms with Gasteiger partial charge in [0.2, 0.25) is 0 Å². The lowest BCUT2D eigenvalue weighted by Crippen LogP contribution is -2.04. The van der Waals surface area contributed by atoms with Crippen LogP contribution in [0.5, 0.6) is 0 Å². The van der Waals surface area contributed by atoms with Crippen LogP contribution in [0.3, 0.4) is 0 Å². The summed E-state index contributed by atoms with van der Waals surface area (Å²) in [6, 6.07) is 50.1. The molecule has 0 amide bonds. The van der Waals surface area contributed by atoms with E-state index in [1.807, 2.05) is 48.5 Å². The smallest absolute Gasteiger partial charge is 0.0901 e. The number of halogens is 4. The summed E-state index contributed by atoms with van der Waals surface area (Å²) >= 11 is 26.6. The zero-order valence-corrected chi connectivity index (χ0v) is 28.1. The fourth-order valence-electron chi connectivity index (χ4n) is 4.52. The van der Waals surface area contributed by atoms with Crippen molar-refractivity contribution >= 4 is 80.0 Å². The van der Waals surface area contributed by atoms with Crippen LogP contribution in [0.1, 0.15) is 0 Å². The van der Waals surface area contributed by atoms with Crippen LogP contribution < -0.4 is 0 Å². The monoisotopic (exact) mass is 692 g/mol. The zero-order valence-electron chi connectivity index (χ0n) is 22.6. The van der Waals surface area contributed by atoms with Crippen LogP contribution in [0.15, 0.2) is 185 Å². The molecule has 0 saturated heterocycles. The van der Waals surface area contributed by atoms with E-state index < -0.39 is 0 Å². The van der Waals surface area contributed by atoms with Gasteiger partial charge >= 0.3 is 0 Å². The summed E-state index contributed by atoms with van der Waals surface area (Å²) in [6.07, 6.45) is 0. The van der Waals surface area contributed by atoms with Gasteiger partial charge in [-0.05, 0) is 146 Å². The summed E-state index contributed by atoms with van der Waals surface area (Å²) in [4.78, 5) is 9.67. The Balaban J connectivity index is 1.24. The Hall–Kier alpha value is -2.47. The molecule has 0 heterocycles. The highest BCUT2D eigenvalue weighted by Crippen LogP contribution is 2.37. The minimum atomic E-state index is -0.276. The molecule has 0 radical (unpaired) electrons. The molecular weight excluding hydrogens is 670 g/mol. The maximum absolute atomic E-state index is 6.20. The summed E-state index contributed by atoms with van der Waals surface area (Å²) in [5.41, 5.74) is 0. The number of rotatable bonds is 8. The molecule has 0 atom stereocenters. The van der Waals surface area contributed by atoms with Gasteiger partial charge in [0.25, 0.3) is 0 Å². The molecule has 0 aliphatic rings. The summed E-state index contributed by atoms with van der Waals surface area (Å²) in [5, 5.41) is 2.92. The SMILES string of the molecule is Clc1ccc([S+](c2ccc(Cl)cc2)c2ccc(Sc3ccc([S+](c4ccc(Cl)cc4)c4ccc(Cl)cc4)cc3)cc2)cc1. The first-order chi connectivity index (χ1) is 20.9. The number of hydrogen-bond acceptors (Lipinski definition) is 1. The topological polar surface area (TPSA) is 0 Å². The molecule has 0 saturated carbocycles. The molecule has 6 aromatic rings. The van der Waals surface area contributed by atoms with Crippen molar-refractivity contribution in [3.63, 3.8) is 0 Å². The lowest BCUT2D eigenvalue weighted by Gasteiger charge is -2.10. The van der Waals surface area contributed by atoms with Gasteiger partial charge in [-0.1, -0.05) is 58.2 Å². The van der Waals surface area contributed by atoms with E-state index in [0.717, 1.165) is 20.1 Å². The second-order valence-electron chi connectivity index (χ2n) is 9.47. The quantitative estimate of drug-likeness (QED) is 0.143. The van der Waals surface area contributed by atoms with Crippen molar-refractivity contribution < 1.29 is 0 Å². The minimum Gasteiger partial charge on any atom is -0.0901 e. The normalized spacial score (nSPS) is 11.3. The van der Waals surface area contributed by atoms with Crippen molar-refractivity contribution in [2.24, 2.45) is 0 Å². The van der Waals surface area contributed by atoms with E-state index in [2.05, 4.69) is 97.1 Å². The van der Waals surface area contributed by atoms with Crippen molar-refractivity contribution in [2.75, 3.05) is 0 Å². The lowest BCUT2D eigenvalue weighted by atomic mass is 10.3. The molecule has 43 heavy (non-hydrogen) atoms. The van der Waals surface area contributed by atoms with E-state index in [9.17, 15) is 0 Å². The Morgan fingerprint density at radius 2 is 0.465 bits per heavy atom. The molecule has 0 nitrogen and oxygen atoms in total. The summed E-state index contributed by atoms with van der Waals surface area (Å²) in [7, 11) is -0.552. The van der Waals surface area contributed by atoms with Crippen molar-refractivity contribution in [2.45, 2.75) is 39.2 Å². The van der Waals surface area contributed by atoms with Gasteiger partial charge in [-0.3, -0.25) is 0 Å². The molecule has 6 rings (SSSR count). The number of hydrogen-bond donors (Lipinski definition) is 0. The second-order valence-corrected chi connectivity index (χ2v) is 16.4. The summed E-state index contributed by atoms with van der Waals surface area (Å²) < 4.78 is 0. The fourth-order valence-corrected chi connectivity index (χ4v) is 9.93. The summed E-state index contributed by atoms with van der Waals surface area (Å²) in [5.74, 6) is 0. The molecule has 0 spiro atoms. The highest BCUT2D eigenvalue weighted by Gasteiger charge is 2.30. The van der Waals surface area contributed by atoms with Crippen LogP contribution >= 0.6 is 58.2 Å². The van der Waals surface area contributed by atoms with Crippen LogP contribution in [0.2, 0.25) is 20.1 Å². The fraction of sp³-hybridized carbons (Fsp3) is 0. The van der Waals surface area contributed by atoms with Gasteiger partial charge < -0.3 is 0 Å². The highest BCUT2D eigenvalue weighted by molar-refractivity contribution is 7.99. The van der Waals surface area contributed by atoms with Gasteiger partial charge in [0.15, 0.2) is 29.4 Å².